The van der Waals surface area contributed by atoms with Crippen LogP contribution in [0.3, 0.4) is 0 Å². The quantitative estimate of drug-likeness (QED) is 0.170. The highest BCUT2D eigenvalue weighted by molar-refractivity contribution is 8.06. The van der Waals surface area contributed by atoms with E-state index in [1.54, 1.807) is 0 Å². The van der Waals surface area contributed by atoms with Crippen LogP contribution < -0.4 is 0 Å². The molecule has 0 bridgehead atoms. The van der Waals surface area contributed by atoms with Gasteiger partial charge in [-0.15, -0.1) is 0 Å². The average Bonchev–Trinajstić information content (AvgIpc) is 2.63. The smallest absolute Gasteiger partial charge is 0.322 e. The first kappa shape index (κ1) is 31.0. The van der Waals surface area contributed by atoms with Gasteiger partial charge in [-0.1, -0.05) is 65.2 Å². The molecule has 0 rings (SSSR count). The number of rotatable bonds is 18. The topological polar surface area (TPSA) is 102 Å². The highest BCUT2D eigenvalue weighted by Gasteiger charge is 2.20. The van der Waals surface area contributed by atoms with Crippen molar-refractivity contribution in [2.75, 3.05) is 13.2 Å². The zero-order valence-electron chi connectivity index (χ0n) is 17.8. The lowest BCUT2D eigenvalue weighted by Gasteiger charge is -2.19. The molecule has 0 amide bonds. The van der Waals surface area contributed by atoms with Crippen LogP contribution in [0, 0.1) is 0 Å². The van der Waals surface area contributed by atoms with Gasteiger partial charge in [0.1, 0.15) is 6.61 Å². The highest BCUT2D eigenvalue weighted by atomic mass is 32.5. The number of esters is 2. The van der Waals surface area contributed by atoms with E-state index >= 15 is 0 Å². The summed E-state index contributed by atoms with van der Waals surface area (Å²) in [4.78, 5) is 42.2. The number of hydrogen-bond acceptors (Lipinski definition) is 6. The van der Waals surface area contributed by atoms with Gasteiger partial charge in [0.15, 0.2) is 6.10 Å². The van der Waals surface area contributed by atoms with Crippen molar-refractivity contribution >= 4 is 44.0 Å². The lowest BCUT2D eigenvalue weighted by molar-refractivity contribution is -0.161. The minimum atomic E-state index is -3.87. The first-order valence-electron chi connectivity index (χ1n) is 10.3. The van der Waals surface area contributed by atoms with E-state index in [2.05, 4.69) is 25.7 Å². The Labute approximate surface area is 187 Å². The minimum absolute atomic E-state index is 0. The molecule has 0 aromatic rings. The van der Waals surface area contributed by atoms with Crippen LogP contribution in [-0.4, -0.2) is 41.0 Å². The SMILES string of the molecule is CCCCCCCC(=O)OC[C@@H](COP(O)(O)=S)OC(=O)CCCCCCC.S. The van der Waals surface area contributed by atoms with E-state index in [1.807, 2.05) is 0 Å². The largest absolute Gasteiger partial charge is 0.462 e. The van der Waals surface area contributed by atoms with Gasteiger partial charge in [0.2, 0.25) is 0 Å². The van der Waals surface area contributed by atoms with E-state index in [9.17, 15) is 19.4 Å². The fourth-order valence-corrected chi connectivity index (χ4v) is 3.09. The van der Waals surface area contributed by atoms with Gasteiger partial charge in [-0.2, -0.15) is 13.5 Å². The summed E-state index contributed by atoms with van der Waals surface area (Å²) < 4.78 is 15.2. The normalized spacial score (nSPS) is 12.1. The third kappa shape index (κ3) is 22.3. The van der Waals surface area contributed by atoms with Gasteiger partial charge >= 0.3 is 18.7 Å². The molecule has 0 spiro atoms. The van der Waals surface area contributed by atoms with Crippen LogP contribution in [0.4, 0.5) is 0 Å². The number of unbranched alkanes of at least 4 members (excludes halogenated alkanes) is 8. The Kier molecular flexibility index (Phi) is 21.1. The Morgan fingerprint density at radius 1 is 0.828 bits per heavy atom. The molecule has 174 valence electrons. The van der Waals surface area contributed by atoms with E-state index < -0.39 is 18.8 Å². The molecule has 0 heterocycles. The number of ether oxygens (including phenoxy) is 2. The lowest BCUT2D eigenvalue weighted by atomic mass is 10.1. The molecule has 10 heteroatoms. The van der Waals surface area contributed by atoms with Crippen LogP contribution in [0.5, 0.6) is 0 Å². The Hall–Kier alpha value is -0.180. The maximum absolute atomic E-state index is 12.0. The van der Waals surface area contributed by atoms with Crippen molar-refractivity contribution in [3.63, 3.8) is 0 Å². The van der Waals surface area contributed by atoms with Crippen molar-refractivity contribution in [1.82, 2.24) is 0 Å². The van der Waals surface area contributed by atoms with E-state index in [-0.39, 0.29) is 39.1 Å². The molecule has 2 N–H and O–H groups in total. The summed E-state index contributed by atoms with van der Waals surface area (Å²) in [5, 5.41) is 0. The summed E-state index contributed by atoms with van der Waals surface area (Å²) in [6, 6.07) is 0. The average molecular weight is 475 g/mol. The Morgan fingerprint density at radius 3 is 1.79 bits per heavy atom. The van der Waals surface area contributed by atoms with E-state index in [4.69, 9.17) is 14.0 Å². The van der Waals surface area contributed by atoms with Gasteiger partial charge in [0.25, 0.3) is 0 Å². The summed E-state index contributed by atoms with van der Waals surface area (Å²) in [7, 11) is 0. The predicted molar refractivity (Wildman–Crippen MR) is 123 cm³/mol. The van der Waals surface area contributed by atoms with E-state index in [1.165, 1.54) is 0 Å². The molecule has 29 heavy (non-hydrogen) atoms. The predicted octanol–water partition coefficient (Wildman–Crippen LogP) is 4.50. The van der Waals surface area contributed by atoms with Crippen LogP contribution in [0.25, 0.3) is 0 Å². The van der Waals surface area contributed by atoms with E-state index in [0.29, 0.717) is 6.42 Å². The van der Waals surface area contributed by atoms with Gasteiger partial charge in [0, 0.05) is 12.8 Å². The molecule has 0 fully saturated rings. The molecule has 0 saturated carbocycles. The molecule has 0 unspecified atom stereocenters. The first-order valence-corrected chi connectivity index (χ1v) is 13.0. The molecular formula is C19H39O7PS2. The molecule has 7 nitrogen and oxygen atoms in total. The summed E-state index contributed by atoms with van der Waals surface area (Å²) in [5.74, 6) is -0.797. The molecule has 0 aliphatic heterocycles. The van der Waals surface area contributed by atoms with Crippen LogP contribution in [-0.2, 0) is 35.4 Å². The summed E-state index contributed by atoms with van der Waals surface area (Å²) in [5.41, 5.74) is 0. The molecule has 0 aromatic carbocycles. The van der Waals surface area contributed by atoms with Gasteiger partial charge in [-0.25, -0.2) is 0 Å². The molecule has 0 radical (unpaired) electrons. The Morgan fingerprint density at radius 2 is 1.31 bits per heavy atom. The van der Waals surface area contributed by atoms with Gasteiger partial charge in [-0.3, -0.25) is 9.59 Å². The number of carbonyl (C=O) groups is 2. The van der Waals surface area contributed by atoms with E-state index in [0.717, 1.165) is 64.2 Å². The number of carbonyl (C=O) groups excluding carboxylic acids is 2. The third-order valence-electron chi connectivity index (χ3n) is 4.13. The molecular weight excluding hydrogens is 435 g/mol. The summed E-state index contributed by atoms with van der Waals surface area (Å²) >= 11 is 4.41. The minimum Gasteiger partial charge on any atom is -0.462 e. The van der Waals surface area contributed by atoms with Crippen molar-refractivity contribution in [2.24, 2.45) is 0 Å². The zero-order valence-corrected chi connectivity index (χ0v) is 20.5. The molecule has 0 aromatic heterocycles. The second kappa shape index (κ2) is 19.8. The Bertz CT molecular complexity index is 471. The highest BCUT2D eigenvalue weighted by Crippen LogP contribution is 2.36. The Balaban J connectivity index is 0. The zero-order chi connectivity index (χ0) is 21.3. The van der Waals surface area contributed by atoms with Crippen molar-refractivity contribution in [3.8, 4) is 0 Å². The lowest BCUT2D eigenvalue weighted by Crippen LogP contribution is -2.29. The molecule has 1 atom stereocenters. The standard InChI is InChI=1S/C19H37O7PS.H2S/c1-3-5-7-9-11-13-18(20)24-15-17(16-25-27(22,23)28)26-19(21)14-12-10-8-6-4-2;/h17H,3-16H2,1-2H3,(H2,22,23,28);1H2/t17-;/m0./s1. The van der Waals surface area contributed by atoms with Gasteiger partial charge < -0.3 is 23.8 Å². The third-order valence-corrected chi connectivity index (χ3v) is 4.93. The van der Waals surface area contributed by atoms with Crippen molar-refractivity contribution in [1.29, 1.82) is 0 Å². The second-order valence-corrected chi connectivity index (χ2v) is 9.58. The van der Waals surface area contributed by atoms with Crippen molar-refractivity contribution in [3.05, 3.63) is 0 Å². The maximum atomic E-state index is 12.0. The molecule has 0 aliphatic carbocycles. The number of hydrogen-bond donors (Lipinski definition) is 2. The first-order chi connectivity index (χ1) is 13.3. The fraction of sp³-hybridized carbons (Fsp3) is 0.895. The summed E-state index contributed by atoms with van der Waals surface area (Å²) in [6.45, 7) is -0.138. The van der Waals surface area contributed by atoms with Crippen LogP contribution in [0.1, 0.15) is 90.9 Å². The van der Waals surface area contributed by atoms with Crippen LogP contribution in [0.2, 0.25) is 0 Å². The van der Waals surface area contributed by atoms with Crippen molar-refractivity contribution in [2.45, 2.75) is 97.0 Å². The second-order valence-electron chi connectivity index (χ2n) is 6.91. The maximum Gasteiger partial charge on any atom is 0.322 e. The van der Waals surface area contributed by atoms with Crippen LogP contribution >= 0.6 is 20.2 Å². The molecule has 0 aliphatic rings. The summed E-state index contributed by atoms with van der Waals surface area (Å²) in [6.07, 6.45) is 9.78. The van der Waals surface area contributed by atoms with Crippen LogP contribution in [0.15, 0.2) is 0 Å². The van der Waals surface area contributed by atoms with Gasteiger partial charge in [0.05, 0.1) is 6.61 Å². The van der Waals surface area contributed by atoms with Gasteiger partial charge in [-0.05, 0) is 24.6 Å². The monoisotopic (exact) mass is 474 g/mol. The molecule has 0 saturated heterocycles. The fourth-order valence-electron chi connectivity index (χ4n) is 2.55. The van der Waals surface area contributed by atoms with Crippen molar-refractivity contribution < 1.29 is 33.4 Å².